The summed E-state index contributed by atoms with van der Waals surface area (Å²) in [7, 11) is -3.56. The number of benzene rings is 3. The molecule has 128 valence electrons. The van der Waals surface area contributed by atoms with Gasteiger partial charge in [-0.2, -0.15) is 0 Å². The second-order valence-corrected chi connectivity index (χ2v) is 7.35. The van der Waals surface area contributed by atoms with E-state index in [2.05, 4.69) is 0 Å². The molecule has 0 saturated heterocycles. The molecule has 0 saturated carbocycles. The van der Waals surface area contributed by atoms with E-state index in [1.165, 1.54) is 0 Å². The van der Waals surface area contributed by atoms with Gasteiger partial charge in [-0.05, 0) is 43.3 Å². The third-order valence-electron chi connectivity index (χ3n) is 3.39. The summed E-state index contributed by atoms with van der Waals surface area (Å²) >= 11 is 0. The van der Waals surface area contributed by atoms with Crippen LogP contribution in [-0.2, 0) is 4.57 Å². The number of hydrogen-bond acceptors (Lipinski definition) is 4. The largest absolute Gasteiger partial charge is 0.479 e. The second kappa shape index (κ2) is 7.91. The lowest BCUT2D eigenvalue weighted by Crippen LogP contribution is -2.10. The van der Waals surface area contributed by atoms with Crippen LogP contribution >= 0.6 is 7.60 Å². The van der Waals surface area contributed by atoms with E-state index in [1.54, 1.807) is 24.3 Å². The van der Waals surface area contributed by atoms with E-state index < -0.39 is 7.60 Å². The Balaban J connectivity index is 1.77. The van der Waals surface area contributed by atoms with Crippen molar-refractivity contribution in [3.63, 3.8) is 0 Å². The molecule has 0 N–H and O–H groups in total. The lowest BCUT2D eigenvalue weighted by atomic mass is 10.2. The van der Waals surface area contributed by atoms with Crippen molar-refractivity contribution >= 4 is 7.60 Å². The fraction of sp³-hybridized carbons (Fsp3) is 0.100. The summed E-state index contributed by atoms with van der Waals surface area (Å²) in [6, 6.07) is 25.4. The number of aryl methyl sites for hydroxylation is 1. The summed E-state index contributed by atoms with van der Waals surface area (Å²) < 4.78 is 30.2. The standard InChI is InChI=1S/C20H19O4P/c1-17-12-14-18(15-13-17)22-16-25(21,23-19-8-4-2-5-9-19)24-20-10-6-3-7-11-20/h2-15H,16H2,1H3. The summed E-state index contributed by atoms with van der Waals surface area (Å²) in [5.74, 6) is 1.54. The first-order valence-corrected chi connectivity index (χ1v) is 9.64. The molecule has 0 aliphatic carbocycles. The van der Waals surface area contributed by atoms with Crippen LogP contribution in [0.15, 0.2) is 84.9 Å². The van der Waals surface area contributed by atoms with Gasteiger partial charge in [0.05, 0.1) is 0 Å². The van der Waals surface area contributed by atoms with Crippen LogP contribution in [0, 0.1) is 6.92 Å². The number of hydrogen-bond donors (Lipinski definition) is 0. The highest BCUT2D eigenvalue weighted by Crippen LogP contribution is 2.48. The molecule has 0 unspecified atom stereocenters. The van der Waals surface area contributed by atoms with Gasteiger partial charge in [-0.3, -0.25) is 0 Å². The van der Waals surface area contributed by atoms with Crippen molar-refractivity contribution < 1.29 is 18.3 Å². The molecule has 0 heterocycles. The zero-order chi connectivity index (χ0) is 17.5. The van der Waals surface area contributed by atoms with E-state index in [0.29, 0.717) is 17.2 Å². The molecule has 0 aromatic heterocycles. The van der Waals surface area contributed by atoms with E-state index in [4.69, 9.17) is 13.8 Å². The summed E-state index contributed by atoms with van der Waals surface area (Å²) in [6.45, 7) is 1.99. The predicted molar refractivity (Wildman–Crippen MR) is 98.4 cm³/mol. The number of ether oxygens (including phenoxy) is 1. The van der Waals surface area contributed by atoms with Gasteiger partial charge in [-0.25, -0.2) is 4.57 Å². The topological polar surface area (TPSA) is 44.8 Å². The van der Waals surface area contributed by atoms with Crippen molar-refractivity contribution in [3.05, 3.63) is 90.5 Å². The maximum absolute atomic E-state index is 13.2. The molecule has 3 aromatic rings. The van der Waals surface area contributed by atoms with Crippen molar-refractivity contribution in [2.24, 2.45) is 0 Å². The molecular weight excluding hydrogens is 335 g/mol. The first kappa shape index (κ1) is 17.1. The van der Waals surface area contributed by atoms with E-state index in [0.717, 1.165) is 5.56 Å². The van der Waals surface area contributed by atoms with Crippen molar-refractivity contribution in [3.8, 4) is 17.2 Å². The quantitative estimate of drug-likeness (QED) is 0.512. The fourth-order valence-corrected chi connectivity index (χ4v) is 3.48. The molecule has 4 nitrogen and oxygen atoms in total. The lowest BCUT2D eigenvalue weighted by Gasteiger charge is -2.20. The van der Waals surface area contributed by atoms with Gasteiger partial charge in [0.15, 0.2) is 0 Å². The Labute approximate surface area is 147 Å². The van der Waals surface area contributed by atoms with Crippen molar-refractivity contribution in [2.75, 3.05) is 6.35 Å². The van der Waals surface area contributed by atoms with Crippen LogP contribution in [0.2, 0.25) is 0 Å². The van der Waals surface area contributed by atoms with Crippen LogP contribution in [-0.4, -0.2) is 6.35 Å². The maximum Gasteiger partial charge on any atom is 0.468 e. The minimum atomic E-state index is -3.56. The number of para-hydroxylation sites is 2. The molecular formula is C20H19O4P. The van der Waals surface area contributed by atoms with Crippen LogP contribution in [0.1, 0.15) is 5.56 Å². The van der Waals surface area contributed by atoms with E-state index in [9.17, 15) is 4.57 Å². The van der Waals surface area contributed by atoms with E-state index in [-0.39, 0.29) is 6.35 Å². The van der Waals surface area contributed by atoms with Crippen LogP contribution in [0.25, 0.3) is 0 Å². The average molecular weight is 354 g/mol. The Morgan fingerprint density at radius 2 is 1.16 bits per heavy atom. The van der Waals surface area contributed by atoms with Crippen molar-refractivity contribution in [1.29, 1.82) is 0 Å². The van der Waals surface area contributed by atoms with Gasteiger partial charge >= 0.3 is 7.60 Å². The van der Waals surface area contributed by atoms with Gasteiger partial charge in [0.1, 0.15) is 17.2 Å². The van der Waals surface area contributed by atoms with E-state index >= 15 is 0 Å². The summed E-state index contributed by atoms with van der Waals surface area (Å²) in [5.41, 5.74) is 1.12. The Morgan fingerprint density at radius 3 is 1.64 bits per heavy atom. The lowest BCUT2D eigenvalue weighted by molar-refractivity contribution is 0.310. The maximum atomic E-state index is 13.2. The first-order chi connectivity index (χ1) is 12.1. The van der Waals surface area contributed by atoms with Gasteiger partial charge < -0.3 is 13.8 Å². The molecule has 0 amide bonds. The minimum Gasteiger partial charge on any atom is -0.479 e. The Kier molecular flexibility index (Phi) is 5.42. The highest BCUT2D eigenvalue weighted by molar-refractivity contribution is 7.54. The Morgan fingerprint density at radius 1 is 0.680 bits per heavy atom. The van der Waals surface area contributed by atoms with Crippen molar-refractivity contribution in [2.45, 2.75) is 6.92 Å². The highest BCUT2D eigenvalue weighted by atomic mass is 31.2. The van der Waals surface area contributed by atoms with E-state index in [1.807, 2.05) is 67.6 Å². The first-order valence-electron chi connectivity index (χ1n) is 7.91. The molecule has 0 bridgehead atoms. The van der Waals surface area contributed by atoms with Gasteiger partial charge in [0.2, 0.25) is 6.35 Å². The van der Waals surface area contributed by atoms with Crippen LogP contribution in [0.3, 0.4) is 0 Å². The summed E-state index contributed by atoms with van der Waals surface area (Å²) in [4.78, 5) is 0. The molecule has 0 radical (unpaired) electrons. The normalized spacial score (nSPS) is 10.9. The third kappa shape index (κ3) is 5.13. The molecule has 3 aromatic carbocycles. The van der Waals surface area contributed by atoms with Gasteiger partial charge in [0.25, 0.3) is 0 Å². The highest BCUT2D eigenvalue weighted by Gasteiger charge is 2.29. The minimum absolute atomic E-state index is 0.195. The van der Waals surface area contributed by atoms with Gasteiger partial charge in [0, 0.05) is 0 Å². The molecule has 0 spiro atoms. The molecule has 3 rings (SSSR count). The molecule has 5 heteroatoms. The molecule has 0 aliphatic rings. The average Bonchev–Trinajstić information content (AvgIpc) is 2.63. The summed E-state index contributed by atoms with van der Waals surface area (Å²) in [5, 5.41) is 0. The molecule has 0 atom stereocenters. The molecule has 0 aliphatic heterocycles. The fourth-order valence-electron chi connectivity index (χ4n) is 2.14. The second-order valence-electron chi connectivity index (χ2n) is 5.51. The molecule has 0 fully saturated rings. The van der Waals surface area contributed by atoms with Crippen LogP contribution < -0.4 is 13.8 Å². The SMILES string of the molecule is Cc1ccc(OCP(=O)(Oc2ccccc2)Oc2ccccc2)cc1. The zero-order valence-electron chi connectivity index (χ0n) is 13.9. The van der Waals surface area contributed by atoms with Gasteiger partial charge in [-0.15, -0.1) is 0 Å². The van der Waals surface area contributed by atoms with Crippen LogP contribution in [0.5, 0.6) is 17.2 Å². The van der Waals surface area contributed by atoms with Crippen molar-refractivity contribution in [1.82, 2.24) is 0 Å². The number of rotatable bonds is 7. The predicted octanol–water partition coefficient (Wildman–Crippen LogP) is 5.68. The Bertz CT molecular complexity index is 787. The monoisotopic (exact) mass is 354 g/mol. The smallest absolute Gasteiger partial charge is 0.468 e. The Hall–Kier alpha value is -2.71. The van der Waals surface area contributed by atoms with Gasteiger partial charge in [-0.1, -0.05) is 54.1 Å². The molecule has 25 heavy (non-hydrogen) atoms. The van der Waals surface area contributed by atoms with Crippen LogP contribution in [0.4, 0.5) is 0 Å². The third-order valence-corrected chi connectivity index (χ3v) is 4.81. The summed E-state index contributed by atoms with van der Waals surface area (Å²) in [6.07, 6.45) is -0.195. The zero-order valence-corrected chi connectivity index (χ0v) is 14.8.